The molecule has 3 rings (SSSR count). The molecule has 2 saturated carbocycles. The molecule has 3 aliphatic rings. The fourth-order valence-electron chi connectivity index (χ4n) is 4.87. The van der Waals surface area contributed by atoms with Gasteiger partial charge >= 0.3 is 0 Å². The van der Waals surface area contributed by atoms with Crippen LogP contribution in [-0.2, 0) is 0 Å². The molecule has 19 heavy (non-hydrogen) atoms. The molecule has 2 nitrogen and oxygen atoms in total. The minimum absolute atomic E-state index is 0.798. The van der Waals surface area contributed by atoms with Crippen LogP contribution < -0.4 is 5.32 Å². The predicted octanol–water partition coefficient (Wildman–Crippen LogP) is 3.28. The third kappa shape index (κ3) is 3.16. The SMILES string of the molecule is CC(C)CN(CC1NCC2CCCC21)C1CCCC1. The topological polar surface area (TPSA) is 15.3 Å². The first-order chi connectivity index (χ1) is 9.24. The molecule has 0 amide bonds. The summed E-state index contributed by atoms with van der Waals surface area (Å²) in [5.74, 6) is 2.81. The maximum Gasteiger partial charge on any atom is 0.0226 e. The van der Waals surface area contributed by atoms with Crippen LogP contribution in [0.25, 0.3) is 0 Å². The first-order valence-electron chi connectivity index (χ1n) is 8.71. The van der Waals surface area contributed by atoms with Crippen molar-refractivity contribution in [1.82, 2.24) is 10.2 Å². The van der Waals surface area contributed by atoms with Gasteiger partial charge in [0.1, 0.15) is 0 Å². The molecule has 3 atom stereocenters. The lowest BCUT2D eigenvalue weighted by Crippen LogP contribution is -2.46. The Kier molecular flexibility index (Phi) is 4.48. The van der Waals surface area contributed by atoms with Crippen molar-refractivity contribution in [2.24, 2.45) is 17.8 Å². The van der Waals surface area contributed by atoms with Gasteiger partial charge < -0.3 is 5.32 Å². The van der Waals surface area contributed by atoms with Gasteiger partial charge in [0, 0.05) is 25.2 Å². The van der Waals surface area contributed by atoms with E-state index in [9.17, 15) is 0 Å². The van der Waals surface area contributed by atoms with Crippen LogP contribution in [0.1, 0.15) is 58.8 Å². The molecule has 2 heteroatoms. The average molecular weight is 264 g/mol. The lowest BCUT2D eigenvalue weighted by Gasteiger charge is -2.34. The average Bonchev–Trinajstić information content (AvgIpc) is 3.06. The van der Waals surface area contributed by atoms with E-state index in [1.54, 1.807) is 0 Å². The molecule has 0 bridgehead atoms. The maximum atomic E-state index is 3.84. The van der Waals surface area contributed by atoms with Crippen molar-refractivity contribution in [2.45, 2.75) is 70.9 Å². The zero-order valence-corrected chi connectivity index (χ0v) is 12.9. The molecule has 3 unspecified atom stereocenters. The summed E-state index contributed by atoms with van der Waals surface area (Å²) in [6.45, 7) is 8.69. The Morgan fingerprint density at radius 2 is 1.84 bits per heavy atom. The second kappa shape index (κ2) is 6.13. The lowest BCUT2D eigenvalue weighted by molar-refractivity contribution is 0.150. The van der Waals surface area contributed by atoms with Crippen molar-refractivity contribution >= 4 is 0 Å². The Balaban J connectivity index is 1.60. The predicted molar refractivity (Wildman–Crippen MR) is 81.3 cm³/mol. The third-order valence-electron chi connectivity index (χ3n) is 5.75. The molecule has 1 saturated heterocycles. The molecule has 0 spiro atoms. The molecule has 1 N–H and O–H groups in total. The minimum atomic E-state index is 0.798. The molecule has 110 valence electrons. The minimum Gasteiger partial charge on any atom is -0.312 e. The van der Waals surface area contributed by atoms with Crippen LogP contribution in [0.3, 0.4) is 0 Å². The lowest BCUT2D eigenvalue weighted by atomic mass is 9.93. The molecule has 1 heterocycles. The number of hydrogen-bond acceptors (Lipinski definition) is 2. The normalized spacial score (nSPS) is 35.7. The van der Waals surface area contributed by atoms with Crippen LogP contribution in [0, 0.1) is 17.8 Å². The number of hydrogen-bond donors (Lipinski definition) is 1. The highest BCUT2D eigenvalue weighted by Crippen LogP contribution is 2.38. The van der Waals surface area contributed by atoms with E-state index in [4.69, 9.17) is 0 Å². The summed E-state index contributed by atoms with van der Waals surface area (Å²) in [6.07, 6.45) is 10.3. The van der Waals surface area contributed by atoms with E-state index >= 15 is 0 Å². The van der Waals surface area contributed by atoms with Crippen molar-refractivity contribution in [3.05, 3.63) is 0 Å². The summed E-state index contributed by atoms with van der Waals surface area (Å²) in [5.41, 5.74) is 0. The van der Waals surface area contributed by atoms with E-state index in [2.05, 4.69) is 24.1 Å². The fraction of sp³-hybridized carbons (Fsp3) is 1.00. The van der Waals surface area contributed by atoms with E-state index in [1.165, 1.54) is 64.6 Å². The maximum absolute atomic E-state index is 3.84. The van der Waals surface area contributed by atoms with Gasteiger partial charge in [-0.1, -0.05) is 33.1 Å². The Labute approximate surface area is 119 Å². The molecule has 0 aromatic carbocycles. The smallest absolute Gasteiger partial charge is 0.0226 e. The van der Waals surface area contributed by atoms with Gasteiger partial charge in [0.15, 0.2) is 0 Å². The molecular formula is C17H32N2. The largest absolute Gasteiger partial charge is 0.312 e. The van der Waals surface area contributed by atoms with Crippen LogP contribution in [0.5, 0.6) is 0 Å². The summed E-state index contributed by atoms with van der Waals surface area (Å²) in [5, 5.41) is 3.84. The molecular weight excluding hydrogens is 232 g/mol. The van der Waals surface area contributed by atoms with Crippen molar-refractivity contribution in [1.29, 1.82) is 0 Å². The number of nitrogens with zero attached hydrogens (tertiary/aromatic N) is 1. The summed E-state index contributed by atoms with van der Waals surface area (Å²) in [6, 6.07) is 1.69. The van der Waals surface area contributed by atoms with E-state index in [-0.39, 0.29) is 0 Å². The van der Waals surface area contributed by atoms with Gasteiger partial charge in [-0.05, 0) is 50.0 Å². The Hall–Kier alpha value is -0.0800. The molecule has 1 aliphatic heterocycles. The zero-order valence-electron chi connectivity index (χ0n) is 12.9. The van der Waals surface area contributed by atoms with Crippen molar-refractivity contribution in [3.8, 4) is 0 Å². The molecule has 2 aliphatic carbocycles. The first-order valence-corrected chi connectivity index (χ1v) is 8.71. The number of fused-ring (bicyclic) bond motifs is 1. The molecule has 0 radical (unpaired) electrons. The van der Waals surface area contributed by atoms with Gasteiger partial charge in [-0.2, -0.15) is 0 Å². The molecule has 0 aromatic heterocycles. The summed E-state index contributed by atoms with van der Waals surface area (Å²) in [4.78, 5) is 2.84. The van der Waals surface area contributed by atoms with Gasteiger partial charge in [0.25, 0.3) is 0 Å². The van der Waals surface area contributed by atoms with E-state index in [0.717, 1.165) is 29.8 Å². The van der Waals surface area contributed by atoms with Gasteiger partial charge in [-0.3, -0.25) is 4.90 Å². The third-order valence-corrected chi connectivity index (χ3v) is 5.75. The summed E-state index contributed by atoms with van der Waals surface area (Å²) >= 11 is 0. The van der Waals surface area contributed by atoms with E-state index in [1.807, 2.05) is 0 Å². The van der Waals surface area contributed by atoms with E-state index < -0.39 is 0 Å². The molecule has 0 aromatic rings. The van der Waals surface area contributed by atoms with Crippen molar-refractivity contribution < 1.29 is 0 Å². The Morgan fingerprint density at radius 3 is 2.58 bits per heavy atom. The fourth-order valence-corrected chi connectivity index (χ4v) is 4.87. The van der Waals surface area contributed by atoms with Crippen LogP contribution >= 0.6 is 0 Å². The van der Waals surface area contributed by atoms with Crippen molar-refractivity contribution in [3.63, 3.8) is 0 Å². The Bertz CT molecular complexity index is 283. The van der Waals surface area contributed by atoms with Gasteiger partial charge in [-0.25, -0.2) is 0 Å². The van der Waals surface area contributed by atoms with Crippen LogP contribution in [0.2, 0.25) is 0 Å². The quantitative estimate of drug-likeness (QED) is 0.820. The van der Waals surface area contributed by atoms with Crippen molar-refractivity contribution in [2.75, 3.05) is 19.6 Å². The second-order valence-corrected chi connectivity index (χ2v) is 7.66. The monoisotopic (exact) mass is 264 g/mol. The van der Waals surface area contributed by atoms with Crippen LogP contribution in [-0.4, -0.2) is 36.6 Å². The van der Waals surface area contributed by atoms with Crippen LogP contribution in [0.15, 0.2) is 0 Å². The Morgan fingerprint density at radius 1 is 1.05 bits per heavy atom. The van der Waals surface area contributed by atoms with Gasteiger partial charge in [0.05, 0.1) is 0 Å². The molecule has 3 fully saturated rings. The van der Waals surface area contributed by atoms with Gasteiger partial charge in [-0.15, -0.1) is 0 Å². The summed E-state index contributed by atoms with van der Waals surface area (Å²) in [7, 11) is 0. The van der Waals surface area contributed by atoms with E-state index in [0.29, 0.717) is 0 Å². The van der Waals surface area contributed by atoms with Gasteiger partial charge in [0.2, 0.25) is 0 Å². The second-order valence-electron chi connectivity index (χ2n) is 7.66. The number of rotatable bonds is 5. The number of nitrogens with one attached hydrogen (secondary N) is 1. The summed E-state index contributed by atoms with van der Waals surface area (Å²) < 4.78 is 0. The highest BCUT2D eigenvalue weighted by atomic mass is 15.2. The van der Waals surface area contributed by atoms with Crippen LogP contribution in [0.4, 0.5) is 0 Å². The highest BCUT2D eigenvalue weighted by Gasteiger charge is 2.40. The first kappa shape index (κ1) is 13.9. The highest BCUT2D eigenvalue weighted by molar-refractivity contribution is 4.96. The zero-order chi connectivity index (χ0) is 13.2. The standard InChI is InChI=1S/C17H32N2/c1-13(2)11-19(15-7-3-4-8-15)12-17-16-9-5-6-14(16)10-18-17/h13-18H,3-12H2,1-2H3.